The van der Waals surface area contributed by atoms with E-state index in [2.05, 4.69) is 11.8 Å². The summed E-state index contributed by atoms with van der Waals surface area (Å²) in [5.41, 5.74) is 2.80. The third-order valence-corrected chi connectivity index (χ3v) is 10.9. The molecule has 0 spiro atoms. The van der Waals surface area contributed by atoms with Crippen LogP contribution < -0.4 is 4.74 Å². The van der Waals surface area contributed by atoms with Crippen molar-refractivity contribution in [3.63, 3.8) is 0 Å². The number of benzene rings is 1. The number of ether oxygens (including phenoxy) is 3. The van der Waals surface area contributed by atoms with Gasteiger partial charge < -0.3 is 59.6 Å². The smallest absolute Gasteiger partial charge is 0.229 e. The maximum atomic E-state index is 11.3. The molecule has 1 aliphatic carbocycles. The van der Waals surface area contributed by atoms with E-state index >= 15 is 0 Å². The fourth-order valence-electron chi connectivity index (χ4n) is 8.81. The van der Waals surface area contributed by atoms with Crippen molar-refractivity contribution in [2.75, 3.05) is 26.3 Å². The van der Waals surface area contributed by atoms with Crippen molar-refractivity contribution in [2.24, 2.45) is 11.8 Å². The molecule has 15 atom stereocenters. The fraction of sp³-hybridized carbons (Fsp3) is 0.742. The van der Waals surface area contributed by atoms with E-state index in [1.807, 2.05) is 10.6 Å². The minimum atomic E-state index is -1.58. The quantitative estimate of drug-likeness (QED) is 0.187. The SMILES string of the molecule is CC[C@H]1C[C@H]2C[C@H]3c4c(c5cc(O[C@H]6OC(CO)[C@@H](O)C(O)[C@H]6O)ccc5n4[C@H]4O[C@@H](CO)[C@@H](O)[C@H](O)C4O)CCN(C2)C13. The summed E-state index contributed by atoms with van der Waals surface area (Å²) in [5.74, 6) is 1.52. The van der Waals surface area contributed by atoms with Gasteiger partial charge in [-0.15, -0.1) is 0 Å². The molecule has 44 heavy (non-hydrogen) atoms. The van der Waals surface area contributed by atoms with Crippen molar-refractivity contribution in [3.05, 3.63) is 29.5 Å². The van der Waals surface area contributed by atoms with E-state index in [1.165, 1.54) is 6.42 Å². The first-order valence-electron chi connectivity index (χ1n) is 15.8. The highest BCUT2D eigenvalue weighted by molar-refractivity contribution is 5.87. The Morgan fingerprint density at radius 2 is 1.57 bits per heavy atom. The van der Waals surface area contributed by atoms with Gasteiger partial charge in [0.05, 0.1) is 18.7 Å². The molecule has 13 nitrogen and oxygen atoms in total. The van der Waals surface area contributed by atoms with Crippen molar-refractivity contribution < 1.29 is 55.1 Å². The molecule has 8 N–H and O–H groups in total. The van der Waals surface area contributed by atoms with E-state index in [1.54, 1.807) is 12.1 Å². The van der Waals surface area contributed by atoms with E-state index in [9.17, 15) is 40.9 Å². The monoisotopic (exact) mass is 620 g/mol. The fourth-order valence-corrected chi connectivity index (χ4v) is 8.81. The van der Waals surface area contributed by atoms with Crippen LogP contribution >= 0.6 is 0 Å². The van der Waals surface area contributed by atoms with Crippen LogP contribution in [0.1, 0.15) is 49.6 Å². The average molecular weight is 621 g/mol. The molecule has 0 radical (unpaired) electrons. The van der Waals surface area contributed by atoms with Crippen LogP contribution in [-0.2, 0) is 15.9 Å². The lowest BCUT2D eigenvalue weighted by Gasteiger charge is -2.54. The highest BCUT2D eigenvalue weighted by atomic mass is 16.7. The number of fused-ring (bicyclic) bond motifs is 4. The van der Waals surface area contributed by atoms with Gasteiger partial charge in [-0.2, -0.15) is 0 Å². The van der Waals surface area contributed by atoms with E-state index < -0.39 is 74.6 Å². The van der Waals surface area contributed by atoms with Gasteiger partial charge in [0, 0.05) is 36.1 Å². The normalized spacial score (nSPS) is 45.2. The van der Waals surface area contributed by atoms with Gasteiger partial charge in [-0.3, -0.25) is 4.90 Å². The Hall–Kier alpha value is -1.88. The number of aliphatic hydroxyl groups excluding tert-OH is 8. The minimum absolute atomic E-state index is 0.138. The summed E-state index contributed by atoms with van der Waals surface area (Å²) in [6.07, 6.45) is -9.75. The number of hydrogen-bond acceptors (Lipinski definition) is 12. The molecule has 1 saturated carbocycles. The lowest BCUT2D eigenvalue weighted by atomic mass is 9.65. The molecule has 6 aliphatic rings. The molecule has 0 amide bonds. The number of aromatic nitrogens is 1. The molecular weight excluding hydrogens is 576 g/mol. The number of piperidine rings is 2. The molecule has 5 fully saturated rings. The van der Waals surface area contributed by atoms with Crippen LogP contribution in [0.15, 0.2) is 18.2 Å². The molecule has 4 bridgehead atoms. The van der Waals surface area contributed by atoms with Crippen LogP contribution in [0.3, 0.4) is 0 Å². The molecule has 1 aromatic heterocycles. The van der Waals surface area contributed by atoms with Gasteiger partial charge in [0.2, 0.25) is 6.29 Å². The van der Waals surface area contributed by atoms with E-state index in [-0.39, 0.29) is 5.92 Å². The molecule has 2 aromatic rings. The summed E-state index contributed by atoms with van der Waals surface area (Å²) in [4.78, 5) is 2.59. The zero-order chi connectivity index (χ0) is 31.0. The second-order valence-electron chi connectivity index (χ2n) is 13.3. The average Bonchev–Trinajstić information content (AvgIpc) is 3.29. The summed E-state index contributed by atoms with van der Waals surface area (Å²) in [6.45, 7) is 3.03. The summed E-state index contributed by atoms with van der Waals surface area (Å²) in [7, 11) is 0. The largest absolute Gasteiger partial charge is 0.462 e. The highest BCUT2D eigenvalue weighted by Gasteiger charge is 2.52. The Morgan fingerprint density at radius 3 is 2.27 bits per heavy atom. The third kappa shape index (κ3) is 4.71. The number of nitrogens with zero attached hydrogens (tertiary/aromatic N) is 2. The van der Waals surface area contributed by atoms with Crippen molar-refractivity contribution >= 4 is 10.9 Å². The molecule has 1 aromatic carbocycles. The van der Waals surface area contributed by atoms with Crippen LogP contribution in [0, 0.1) is 11.8 Å². The first-order valence-corrected chi connectivity index (χ1v) is 15.8. The Morgan fingerprint density at radius 1 is 0.864 bits per heavy atom. The van der Waals surface area contributed by atoms with Gasteiger partial charge in [0.15, 0.2) is 6.23 Å². The summed E-state index contributed by atoms with van der Waals surface area (Å²) in [5, 5.41) is 84.0. The third-order valence-electron chi connectivity index (χ3n) is 10.9. The molecule has 6 heterocycles. The van der Waals surface area contributed by atoms with Crippen molar-refractivity contribution in [3.8, 4) is 5.75 Å². The van der Waals surface area contributed by atoms with E-state index in [0.29, 0.717) is 23.6 Å². The Bertz CT molecular complexity index is 1350. The second kappa shape index (κ2) is 11.7. The molecular formula is C31H44N2O11. The van der Waals surface area contributed by atoms with Gasteiger partial charge in [-0.25, -0.2) is 0 Å². The second-order valence-corrected chi connectivity index (χ2v) is 13.3. The zero-order valence-electron chi connectivity index (χ0n) is 24.7. The molecule has 5 aliphatic heterocycles. The van der Waals surface area contributed by atoms with Crippen molar-refractivity contribution in [1.82, 2.24) is 9.47 Å². The molecule has 5 unspecified atom stereocenters. The van der Waals surface area contributed by atoms with Gasteiger partial charge >= 0.3 is 0 Å². The maximum absolute atomic E-state index is 11.3. The van der Waals surface area contributed by atoms with Crippen LogP contribution in [0.4, 0.5) is 0 Å². The first kappa shape index (κ1) is 30.8. The first-order chi connectivity index (χ1) is 21.2. The number of rotatable bonds is 6. The Labute approximate surface area is 254 Å². The summed E-state index contributed by atoms with van der Waals surface area (Å²) in [6, 6.07) is 5.60. The van der Waals surface area contributed by atoms with Gasteiger partial charge in [0.1, 0.15) is 54.6 Å². The summed E-state index contributed by atoms with van der Waals surface area (Å²) < 4.78 is 19.7. The summed E-state index contributed by atoms with van der Waals surface area (Å²) >= 11 is 0. The van der Waals surface area contributed by atoms with E-state index in [0.717, 1.165) is 54.5 Å². The molecule has 4 saturated heterocycles. The van der Waals surface area contributed by atoms with Crippen LogP contribution in [0.5, 0.6) is 5.75 Å². The minimum Gasteiger partial charge on any atom is -0.462 e. The highest BCUT2D eigenvalue weighted by Crippen LogP contribution is 2.53. The maximum Gasteiger partial charge on any atom is 0.229 e. The van der Waals surface area contributed by atoms with Crippen molar-refractivity contribution in [1.29, 1.82) is 0 Å². The lowest BCUT2D eigenvalue weighted by Crippen LogP contribution is -2.60. The number of hydrogen-bond donors (Lipinski definition) is 8. The standard InChI is InChI=1S/C31H44N2O11/c1-2-14-7-13-8-18-22(14)32(10-13)6-5-16-17-9-15(42-31-29(41)27(39)25(37)21(12-35)44-31)3-4-19(17)33(23(16)18)30-28(40)26(38)24(36)20(11-34)43-30/h3-4,9,13-14,18,20-22,24-31,34-41H,2,5-8,10-12H2,1H3/t13-,14-,18+,20-,21?,22?,24+,25+,26-,27?,28?,29+,30-,31-/m0/s1. The topological polar surface area (TPSA) is 198 Å². The Balaban J connectivity index is 1.34. The van der Waals surface area contributed by atoms with Gasteiger partial charge in [0.25, 0.3) is 0 Å². The van der Waals surface area contributed by atoms with Crippen LogP contribution in [0.25, 0.3) is 10.9 Å². The lowest BCUT2D eigenvalue weighted by molar-refractivity contribution is -0.277. The molecule has 244 valence electrons. The molecule has 8 rings (SSSR count). The molecule has 13 heteroatoms. The predicted molar refractivity (Wildman–Crippen MR) is 154 cm³/mol. The van der Waals surface area contributed by atoms with Crippen LogP contribution in [-0.4, -0.2) is 138 Å². The van der Waals surface area contributed by atoms with Crippen molar-refractivity contribution in [2.45, 2.75) is 106 Å². The van der Waals surface area contributed by atoms with Crippen LogP contribution in [0.2, 0.25) is 0 Å². The Kier molecular flexibility index (Phi) is 8.20. The van der Waals surface area contributed by atoms with Gasteiger partial charge in [-0.1, -0.05) is 13.3 Å². The van der Waals surface area contributed by atoms with E-state index in [4.69, 9.17) is 14.2 Å². The van der Waals surface area contributed by atoms with Gasteiger partial charge in [-0.05, 0) is 54.9 Å². The number of aliphatic hydroxyl groups is 8. The predicted octanol–water partition coefficient (Wildman–Crippen LogP) is -1.45. The zero-order valence-corrected chi connectivity index (χ0v) is 24.7.